The smallest absolute Gasteiger partial charge is 0.371 e. The van der Waals surface area contributed by atoms with Gasteiger partial charge in [-0.05, 0) is 0 Å². The van der Waals surface area contributed by atoms with Gasteiger partial charge in [0.25, 0.3) is 0 Å². The molecule has 2 heterocycles. The van der Waals surface area contributed by atoms with Gasteiger partial charge in [0.2, 0.25) is 11.5 Å². The summed E-state index contributed by atoms with van der Waals surface area (Å²) in [4.78, 5) is 10.4. The maximum atomic E-state index is 10.4. The number of aromatic nitrogens is 2. The van der Waals surface area contributed by atoms with E-state index in [2.05, 4.69) is 10.2 Å². The number of aromatic carboxylic acids is 1. The highest BCUT2D eigenvalue weighted by atomic mass is 16.4. The Labute approximate surface area is 66.0 Å². The Hall–Kier alpha value is -1.98. The van der Waals surface area contributed by atoms with Crippen molar-refractivity contribution in [3.63, 3.8) is 0 Å². The molecular formula is C6H5N3O3. The predicted octanol–water partition coefficient (Wildman–Crippen LogP) is 0.436. The number of anilines is 1. The third-order valence-electron chi connectivity index (χ3n) is 1.49. The maximum Gasteiger partial charge on any atom is 0.371 e. The van der Waals surface area contributed by atoms with Crippen LogP contribution in [0.4, 0.5) is 5.82 Å². The minimum absolute atomic E-state index is 0.159. The fraction of sp³-hybridized carbons (Fsp3) is 0. The molecule has 0 saturated heterocycles. The lowest BCUT2D eigenvalue weighted by atomic mass is 10.3. The molecule has 0 fully saturated rings. The number of carboxylic acid groups (broad SMARTS) is 1. The van der Waals surface area contributed by atoms with Crippen LogP contribution in [0.25, 0.3) is 11.1 Å². The average Bonchev–Trinajstić information content (AvgIpc) is 2.53. The summed E-state index contributed by atoms with van der Waals surface area (Å²) in [5.74, 6) is -0.984. The lowest BCUT2D eigenvalue weighted by molar-refractivity contribution is 0.0664. The molecule has 2 aromatic heterocycles. The summed E-state index contributed by atoms with van der Waals surface area (Å²) in [5.41, 5.74) is 5.63. The zero-order valence-electron chi connectivity index (χ0n) is 5.87. The molecule has 0 atom stereocenters. The van der Waals surface area contributed by atoms with E-state index in [-0.39, 0.29) is 11.5 Å². The Kier molecular flexibility index (Phi) is 1.12. The summed E-state index contributed by atoms with van der Waals surface area (Å²) in [7, 11) is 0. The van der Waals surface area contributed by atoms with Gasteiger partial charge in [-0.15, -0.1) is 5.10 Å². The van der Waals surface area contributed by atoms with Gasteiger partial charge in [-0.2, -0.15) is 0 Å². The molecule has 62 valence electrons. The highest BCUT2D eigenvalue weighted by molar-refractivity contribution is 5.94. The monoisotopic (exact) mass is 167 g/mol. The first-order valence-corrected chi connectivity index (χ1v) is 3.15. The first kappa shape index (κ1) is 6.71. The van der Waals surface area contributed by atoms with E-state index in [1.165, 1.54) is 6.07 Å². The second-order valence-corrected chi connectivity index (χ2v) is 2.27. The largest absolute Gasteiger partial charge is 0.475 e. The second kappa shape index (κ2) is 2.00. The molecule has 2 rings (SSSR count). The minimum atomic E-state index is -1.13. The summed E-state index contributed by atoms with van der Waals surface area (Å²) in [6.45, 7) is 0. The normalized spacial score (nSPS) is 10.7. The van der Waals surface area contributed by atoms with Gasteiger partial charge >= 0.3 is 5.97 Å². The van der Waals surface area contributed by atoms with Crippen LogP contribution in [0.5, 0.6) is 0 Å². The molecular weight excluding hydrogens is 162 g/mol. The van der Waals surface area contributed by atoms with Crippen LogP contribution in [-0.4, -0.2) is 21.3 Å². The van der Waals surface area contributed by atoms with Crippen molar-refractivity contribution in [1.29, 1.82) is 0 Å². The molecule has 0 amide bonds. The van der Waals surface area contributed by atoms with Gasteiger partial charge in [-0.25, -0.2) is 4.79 Å². The predicted molar refractivity (Wildman–Crippen MR) is 39.7 cm³/mol. The first-order valence-electron chi connectivity index (χ1n) is 3.15. The number of hydrogen-bond donors (Lipinski definition) is 3. The quantitative estimate of drug-likeness (QED) is 0.571. The van der Waals surface area contributed by atoms with E-state index in [4.69, 9.17) is 15.3 Å². The van der Waals surface area contributed by atoms with E-state index in [1.54, 1.807) is 0 Å². The molecule has 0 aliphatic heterocycles. The summed E-state index contributed by atoms with van der Waals surface area (Å²) in [6.07, 6.45) is 0. The maximum absolute atomic E-state index is 10.4. The highest BCUT2D eigenvalue weighted by Gasteiger charge is 2.13. The van der Waals surface area contributed by atoms with Crippen molar-refractivity contribution in [2.45, 2.75) is 0 Å². The molecule has 0 aliphatic rings. The molecule has 6 nitrogen and oxygen atoms in total. The number of nitrogens with two attached hydrogens (primary N) is 1. The Morgan fingerprint density at radius 2 is 2.50 bits per heavy atom. The number of fused-ring (bicyclic) bond motifs is 1. The topological polar surface area (TPSA) is 105 Å². The molecule has 0 unspecified atom stereocenters. The van der Waals surface area contributed by atoms with Gasteiger partial charge in [0.15, 0.2) is 0 Å². The van der Waals surface area contributed by atoms with E-state index < -0.39 is 5.97 Å². The highest BCUT2D eigenvalue weighted by Crippen LogP contribution is 2.21. The van der Waals surface area contributed by atoms with Crippen LogP contribution in [0.15, 0.2) is 10.5 Å². The zero-order valence-corrected chi connectivity index (χ0v) is 5.87. The number of aromatic amines is 1. The van der Waals surface area contributed by atoms with Crippen LogP contribution < -0.4 is 5.73 Å². The molecule has 6 heteroatoms. The molecule has 0 radical (unpaired) electrons. The Morgan fingerprint density at radius 1 is 1.75 bits per heavy atom. The van der Waals surface area contributed by atoms with Gasteiger partial charge < -0.3 is 15.3 Å². The van der Waals surface area contributed by atoms with Crippen molar-refractivity contribution >= 4 is 22.9 Å². The number of nitrogen functional groups attached to an aromatic ring is 1. The van der Waals surface area contributed by atoms with E-state index in [0.29, 0.717) is 11.2 Å². The number of nitrogens with zero attached hydrogens (tertiary/aromatic N) is 1. The fourth-order valence-corrected chi connectivity index (χ4v) is 0.934. The Bertz CT molecular complexity index is 442. The van der Waals surface area contributed by atoms with Gasteiger partial charge in [0, 0.05) is 6.07 Å². The number of carbonyl (C=O) groups is 1. The summed E-state index contributed by atoms with van der Waals surface area (Å²) in [5, 5.41) is 15.1. The molecule has 4 N–H and O–H groups in total. The molecule has 2 aromatic rings. The van der Waals surface area contributed by atoms with E-state index in [1.807, 2.05) is 0 Å². The van der Waals surface area contributed by atoms with Gasteiger partial charge in [-0.1, -0.05) is 0 Å². The summed E-state index contributed by atoms with van der Waals surface area (Å²) < 4.78 is 4.83. The van der Waals surface area contributed by atoms with Gasteiger partial charge in [-0.3, -0.25) is 5.10 Å². The number of nitrogens with one attached hydrogen (secondary N) is 1. The molecule has 12 heavy (non-hydrogen) atoms. The van der Waals surface area contributed by atoms with Crippen molar-refractivity contribution in [3.8, 4) is 0 Å². The summed E-state index contributed by atoms with van der Waals surface area (Å²) >= 11 is 0. The third kappa shape index (κ3) is 0.746. The molecule has 0 aliphatic carbocycles. The number of hydrogen-bond acceptors (Lipinski definition) is 4. The van der Waals surface area contributed by atoms with Crippen LogP contribution in [0.1, 0.15) is 10.6 Å². The molecule has 0 saturated carbocycles. The van der Waals surface area contributed by atoms with Crippen molar-refractivity contribution < 1.29 is 14.3 Å². The lowest BCUT2D eigenvalue weighted by Gasteiger charge is -1.82. The van der Waals surface area contributed by atoms with E-state index in [0.717, 1.165) is 0 Å². The molecule has 0 aromatic carbocycles. The van der Waals surface area contributed by atoms with Crippen molar-refractivity contribution in [2.24, 2.45) is 0 Å². The average molecular weight is 167 g/mol. The standard InChI is InChI=1S/C6H5N3O3/c7-4-2-1-3(6(10)11)12-5(2)9-8-4/h1H,(H,10,11)(H3,7,8,9). The van der Waals surface area contributed by atoms with Crippen LogP contribution in [0.2, 0.25) is 0 Å². The van der Waals surface area contributed by atoms with Crippen LogP contribution in [-0.2, 0) is 0 Å². The van der Waals surface area contributed by atoms with Crippen LogP contribution >= 0.6 is 0 Å². The number of carboxylic acids is 1. The Morgan fingerprint density at radius 3 is 3.08 bits per heavy atom. The van der Waals surface area contributed by atoms with Crippen molar-refractivity contribution in [2.75, 3.05) is 5.73 Å². The SMILES string of the molecule is Nc1[nH]nc2oc(C(=O)O)cc12. The van der Waals surface area contributed by atoms with Crippen LogP contribution in [0, 0.1) is 0 Å². The van der Waals surface area contributed by atoms with E-state index in [9.17, 15) is 4.79 Å². The second-order valence-electron chi connectivity index (χ2n) is 2.27. The summed E-state index contributed by atoms with van der Waals surface area (Å²) in [6, 6.07) is 1.33. The van der Waals surface area contributed by atoms with Crippen molar-refractivity contribution in [1.82, 2.24) is 10.2 Å². The van der Waals surface area contributed by atoms with Crippen molar-refractivity contribution in [3.05, 3.63) is 11.8 Å². The molecule has 0 bridgehead atoms. The van der Waals surface area contributed by atoms with E-state index >= 15 is 0 Å². The van der Waals surface area contributed by atoms with Gasteiger partial charge in [0.1, 0.15) is 5.82 Å². The lowest BCUT2D eigenvalue weighted by Crippen LogP contribution is -1.92. The molecule has 0 spiro atoms. The first-order chi connectivity index (χ1) is 5.68. The Balaban J connectivity index is 2.70. The number of H-pyrrole nitrogens is 1. The minimum Gasteiger partial charge on any atom is -0.475 e. The van der Waals surface area contributed by atoms with Gasteiger partial charge in [0.05, 0.1) is 5.39 Å². The number of rotatable bonds is 1. The fourth-order valence-electron chi connectivity index (χ4n) is 0.934. The number of furan rings is 1. The van der Waals surface area contributed by atoms with Crippen LogP contribution in [0.3, 0.4) is 0 Å². The third-order valence-corrected chi connectivity index (χ3v) is 1.49. The zero-order chi connectivity index (χ0) is 8.72.